The van der Waals surface area contributed by atoms with E-state index in [-0.39, 0.29) is 23.9 Å². The molecule has 30 heavy (non-hydrogen) atoms. The number of aromatic nitrogens is 2. The first-order valence-electron chi connectivity index (χ1n) is 9.51. The first-order chi connectivity index (χ1) is 14.0. The molecule has 8 heteroatoms. The average molecular weight is 432 g/mol. The van der Waals surface area contributed by atoms with Gasteiger partial charge < -0.3 is 10.7 Å². The maximum atomic E-state index is 13.9. The predicted molar refractivity (Wildman–Crippen MR) is 112 cm³/mol. The number of amides is 1. The molecule has 1 fully saturated rings. The van der Waals surface area contributed by atoms with Gasteiger partial charge in [-0.15, -0.1) is 0 Å². The molecule has 1 saturated carbocycles. The molecule has 2 aromatic heterocycles. The highest BCUT2D eigenvalue weighted by atomic mass is 35.5. The Morgan fingerprint density at radius 3 is 2.63 bits per heavy atom. The van der Waals surface area contributed by atoms with Gasteiger partial charge in [0.25, 0.3) is 5.91 Å². The van der Waals surface area contributed by atoms with Crippen molar-refractivity contribution in [3.63, 3.8) is 0 Å². The van der Waals surface area contributed by atoms with Gasteiger partial charge in [-0.05, 0) is 42.0 Å². The Hall–Kier alpha value is -2.80. The number of hydrogen-bond acceptors (Lipinski definition) is 3. The van der Waals surface area contributed by atoms with Crippen LogP contribution in [0.15, 0.2) is 35.3 Å². The Kier molecular flexibility index (Phi) is 4.69. The molecule has 1 aliphatic rings. The van der Waals surface area contributed by atoms with Crippen molar-refractivity contribution in [3.8, 4) is 11.3 Å². The third kappa shape index (κ3) is 3.37. The topological polar surface area (TPSA) is 88.8 Å². The van der Waals surface area contributed by atoms with Gasteiger partial charge in [0.05, 0.1) is 16.6 Å². The summed E-state index contributed by atoms with van der Waals surface area (Å²) in [6.45, 7) is 3.65. The van der Waals surface area contributed by atoms with Crippen LogP contribution < -0.4 is 11.2 Å². The van der Waals surface area contributed by atoms with E-state index in [0.29, 0.717) is 33.8 Å². The van der Waals surface area contributed by atoms with E-state index in [1.54, 1.807) is 12.1 Å². The molecule has 5 nitrogen and oxygen atoms in total. The number of fused-ring (bicyclic) bond motifs is 1. The molecular weight excluding hydrogens is 412 g/mol. The second kappa shape index (κ2) is 6.87. The summed E-state index contributed by atoms with van der Waals surface area (Å²) in [5.41, 5.74) is 7.20. The average Bonchev–Trinajstić information content (AvgIpc) is 2.96. The second-order valence-electron chi connectivity index (χ2n) is 8.23. The fraction of sp³-hybridized carbons (Fsp3) is 0.318. The molecule has 0 saturated heterocycles. The van der Waals surface area contributed by atoms with Crippen LogP contribution in [0.25, 0.3) is 22.2 Å². The number of pyridine rings is 2. The zero-order valence-electron chi connectivity index (χ0n) is 16.5. The first kappa shape index (κ1) is 20.5. The van der Waals surface area contributed by atoms with E-state index >= 15 is 0 Å². The lowest BCUT2D eigenvalue weighted by atomic mass is 9.79. The lowest BCUT2D eigenvalue weighted by Crippen LogP contribution is -2.22. The number of nitrogens with zero attached hydrogens (tertiary/aromatic N) is 1. The van der Waals surface area contributed by atoms with Gasteiger partial charge >= 0.3 is 0 Å². The summed E-state index contributed by atoms with van der Waals surface area (Å²) in [5, 5.41) is 0.499. The SMILES string of the molecule is Cc1cc([C@]2(C)CCC(F)(F)C2)c(Cl)cc1-c1cc(=O)c2c(C(N)=O)nccc2[nH]1. The Morgan fingerprint density at radius 2 is 2.00 bits per heavy atom. The molecule has 156 valence electrons. The fourth-order valence-corrected chi connectivity index (χ4v) is 4.79. The zero-order valence-corrected chi connectivity index (χ0v) is 17.2. The molecule has 1 amide bonds. The van der Waals surface area contributed by atoms with Crippen molar-refractivity contribution in [1.82, 2.24) is 9.97 Å². The van der Waals surface area contributed by atoms with Gasteiger partial charge in [-0.1, -0.05) is 24.6 Å². The second-order valence-corrected chi connectivity index (χ2v) is 8.64. The van der Waals surface area contributed by atoms with Crippen molar-refractivity contribution in [2.75, 3.05) is 0 Å². The van der Waals surface area contributed by atoms with Crippen LogP contribution in [0, 0.1) is 6.92 Å². The maximum absolute atomic E-state index is 13.9. The van der Waals surface area contributed by atoms with Crippen LogP contribution in [-0.4, -0.2) is 21.8 Å². The molecule has 3 N–H and O–H groups in total. The molecule has 1 aromatic carbocycles. The van der Waals surface area contributed by atoms with Gasteiger partial charge in [-0.25, -0.2) is 8.78 Å². The number of H-pyrrole nitrogens is 1. The zero-order chi connectivity index (χ0) is 21.8. The number of primary amides is 1. The standard InChI is InChI=1S/C22H20ClF2N3O2/c1-11-7-13(21(2)4-5-22(24,25)10-21)14(23)8-12(11)16-9-17(29)18-15(28-16)3-6-27-19(18)20(26)30/h3,6-9H,4-5,10H2,1-2H3,(H2,26,30)(H,28,29)/t21-/m1/s1. The minimum atomic E-state index is -2.69. The maximum Gasteiger partial charge on any atom is 0.268 e. The molecule has 2 heterocycles. The van der Waals surface area contributed by atoms with Gasteiger partial charge in [0, 0.05) is 35.7 Å². The van der Waals surface area contributed by atoms with Crippen LogP contribution in [0.4, 0.5) is 8.78 Å². The molecule has 0 unspecified atom stereocenters. The van der Waals surface area contributed by atoms with Crippen LogP contribution in [0.5, 0.6) is 0 Å². The summed E-state index contributed by atoms with van der Waals surface area (Å²) in [6, 6.07) is 6.46. The third-order valence-corrected chi connectivity index (χ3v) is 6.23. The van der Waals surface area contributed by atoms with Crippen molar-refractivity contribution < 1.29 is 13.6 Å². The quantitative estimate of drug-likeness (QED) is 0.628. The Labute approximate surface area is 176 Å². The molecular formula is C22H20ClF2N3O2. The summed E-state index contributed by atoms with van der Waals surface area (Å²) in [5.74, 6) is -3.48. The summed E-state index contributed by atoms with van der Waals surface area (Å²) < 4.78 is 27.7. The number of benzene rings is 1. The minimum Gasteiger partial charge on any atom is -0.364 e. The largest absolute Gasteiger partial charge is 0.364 e. The summed E-state index contributed by atoms with van der Waals surface area (Å²) in [7, 11) is 0. The van der Waals surface area contributed by atoms with Crippen LogP contribution in [0.2, 0.25) is 5.02 Å². The normalized spacial score (nSPS) is 20.6. The Bertz CT molecular complexity index is 1260. The lowest BCUT2D eigenvalue weighted by molar-refractivity contribution is 0.00355. The molecule has 0 radical (unpaired) electrons. The van der Waals surface area contributed by atoms with Gasteiger partial charge in [0.2, 0.25) is 5.92 Å². The molecule has 0 spiro atoms. The van der Waals surface area contributed by atoms with Gasteiger partial charge in [0.15, 0.2) is 5.43 Å². The number of carbonyl (C=O) groups is 1. The number of aromatic amines is 1. The van der Waals surface area contributed by atoms with E-state index in [9.17, 15) is 18.4 Å². The number of rotatable bonds is 3. The summed E-state index contributed by atoms with van der Waals surface area (Å²) in [6.07, 6.45) is 1.35. The van der Waals surface area contributed by atoms with Gasteiger partial charge in [-0.2, -0.15) is 0 Å². The van der Waals surface area contributed by atoms with E-state index in [1.165, 1.54) is 12.3 Å². The van der Waals surface area contributed by atoms with Crippen molar-refractivity contribution in [3.05, 3.63) is 62.5 Å². The number of carbonyl (C=O) groups excluding carboxylic acids is 1. The van der Waals surface area contributed by atoms with Crippen LogP contribution in [0.3, 0.4) is 0 Å². The van der Waals surface area contributed by atoms with E-state index < -0.39 is 22.7 Å². The molecule has 1 aliphatic carbocycles. The number of aryl methyl sites for hydroxylation is 1. The molecule has 1 atom stereocenters. The fourth-order valence-electron chi connectivity index (χ4n) is 4.40. The van der Waals surface area contributed by atoms with Gasteiger partial charge in [0.1, 0.15) is 5.69 Å². The van der Waals surface area contributed by atoms with Crippen molar-refractivity contribution in [2.45, 2.75) is 44.4 Å². The number of halogens is 3. The monoisotopic (exact) mass is 431 g/mol. The smallest absolute Gasteiger partial charge is 0.268 e. The molecule has 0 bridgehead atoms. The van der Waals surface area contributed by atoms with Crippen LogP contribution >= 0.6 is 11.6 Å². The van der Waals surface area contributed by atoms with Gasteiger partial charge in [-0.3, -0.25) is 14.6 Å². The van der Waals surface area contributed by atoms with Crippen molar-refractivity contribution in [2.24, 2.45) is 5.73 Å². The number of nitrogens with two attached hydrogens (primary N) is 1. The highest BCUT2D eigenvalue weighted by Crippen LogP contribution is 2.51. The first-order valence-corrected chi connectivity index (χ1v) is 9.89. The van der Waals surface area contributed by atoms with E-state index in [4.69, 9.17) is 17.3 Å². The third-order valence-electron chi connectivity index (χ3n) is 5.92. The van der Waals surface area contributed by atoms with Crippen LogP contribution in [0.1, 0.15) is 47.8 Å². The highest BCUT2D eigenvalue weighted by Gasteiger charge is 2.48. The number of hydrogen-bond donors (Lipinski definition) is 2. The Balaban J connectivity index is 1.84. The van der Waals surface area contributed by atoms with Crippen molar-refractivity contribution >= 4 is 28.4 Å². The number of alkyl halides is 2. The highest BCUT2D eigenvalue weighted by molar-refractivity contribution is 6.31. The van der Waals surface area contributed by atoms with E-state index in [0.717, 1.165) is 5.56 Å². The number of nitrogens with one attached hydrogen (secondary N) is 1. The van der Waals surface area contributed by atoms with Crippen LogP contribution in [-0.2, 0) is 5.41 Å². The van der Waals surface area contributed by atoms with E-state index in [2.05, 4.69) is 9.97 Å². The molecule has 0 aliphatic heterocycles. The summed E-state index contributed by atoms with van der Waals surface area (Å²) >= 11 is 6.53. The van der Waals surface area contributed by atoms with Crippen molar-refractivity contribution in [1.29, 1.82) is 0 Å². The van der Waals surface area contributed by atoms with E-state index in [1.807, 2.05) is 19.9 Å². The molecule has 3 aromatic rings. The lowest BCUT2D eigenvalue weighted by Gasteiger charge is -2.27. The molecule has 4 rings (SSSR count). The predicted octanol–water partition coefficient (Wildman–Crippen LogP) is 4.73. The summed E-state index contributed by atoms with van der Waals surface area (Å²) in [4.78, 5) is 31.3. The minimum absolute atomic E-state index is 0.0968. The Morgan fingerprint density at radius 1 is 1.27 bits per heavy atom.